The molecule has 3 N–H and O–H groups in total. The molecule has 3 aliphatic rings. The van der Waals surface area contributed by atoms with Crippen LogP contribution in [0.2, 0.25) is 0 Å². The second-order valence-corrected chi connectivity index (χ2v) is 13.8. The summed E-state index contributed by atoms with van der Waals surface area (Å²) in [5.41, 5.74) is 1.87. The highest BCUT2D eigenvalue weighted by Gasteiger charge is 2.48. The van der Waals surface area contributed by atoms with Crippen LogP contribution in [0.4, 0.5) is 0 Å². The van der Waals surface area contributed by atoms with Crippen LogP contribution >= 0.6 is 0 Å². The molecule has 9 atom stereocenters. The van der Waals surface area contributed by atoms with Crippen LogP contribution in [0.5, 0.6) is 0 Å². The molecular formula is C34H55NO7. The second kappa shape index (κ2) is 14.7. The monoisotopic (exact) mass is 589 g/mol. The summed E-state index contributed by atoms with van der Waals surface area (Å²) in [7, 11) is 0. The molecule has 2 aliphatic heterocycles. The van der Waals surface area contributed by atoms with Crippen molar-refractivity contribution in [1.82, 2.24) is 4.90 Å². The van der Waals surface area contributed by atoms with Gasteiger partial charge in [0.1, 0.15) is 12.1 Å². The van der Waals surface area contributed by atoms with Crippen LogP contribution in [0.3, 0.4) is 0 Å². The smallest absolute Gasteiger partial charge is 0.329 e. The standard InChI is InChI=1S/C34H55NO7/c1-20(2)31(23(6)15-22(5)16-26-12-13-28(36)29(37)18-26)41-33(39)27-11-9-10-14-35(27)30(38)19-34(40)25(8)17-24(7)32(42-34)21(3)4/h12-13,15-16,20-21,24-29,31-32,36-37,40H,9-11,14,17-19H2,1-8H3/b22-16+,23-15+. The largest absolute Gasteiger partial charge is 0.456 e. The van der Waals surface area contributed by atoms with Crippen LogP contribution in [-0.4, -0.2) is 74.9 Å². The van der Waals surface area contributed by atoms with Gasteiger partial charge in [0, 0.05) is 12.5 Å². The van der Waals surface area contributed by atoms with Crippen LogP contribution in [0, 0.1) is 29.6 Å². The number of aliphatic hydroxyl groups excluding tert-OH is 2. The number of piperidine rings is 1. The highest BCUT2D eigenvalue weighted by Crippen LogP contribution is 2.40. The van der Waals surface area contributed by atoms with Gasteiger partial charge in [0.05, 0.1) is 24.7 Å². The van der Waals surface area contributed by atoms with Gasteiger partial charge in [-0.3, -0.25) is 4.79 Å². The third-order valence-electron chi connectivity index (χ3n) is 9.25. The lowest BCUT2D eigenvalue weighted by atomic mass is 9.79. The van der Waals surface area contributed by atoms with Crippen LogP contribution in [0.1, 0.15) is 93.9 Å². The van der Waals surface area contributed by atoms with E-state index in [9.17, 15) is 24.9 Å². The fourth-order valence-electron chi connectivity index (χ4n) is 6.94. The molecule has 0 radical (unpaired) electrons. The molecule has 0 aromatic heterocycles. The number of esters is 1. The van der Waals surface area contributed by atoms with E-state index in [-0.39, 0.29) is 48.0 Å². The van der Waals surface area contributed by atoms with Crippen LogP contribution in [-0.2, 0) is 19.1 Å². The molecule has 1 amide bonds. The SMILES string of the molecule is CC(=C\C1C=CC(O)C(O)C1)/C=C(\C)C(OC(=O)C1CCCCN1C(=O)CC1(O)OC(C(C)C)C(C)CC1C)C(C)C. The first-order chi connectivity index (χ1) is 19.6. The molecular weight excluding hydrogens is 534 g/mol. The van der Waals surface area contributed by atoms with Gasteiger partial charge in [-0.1, -0.05) is 71.4 Å². The average molecular weight is 590 g/mol. The van der Waals surface area contributed by atoms with Gasteiger partial charge in [0.2, 0.25) is 5.91 Å². The molecule has 2 fully saturated rings. The summed E-state index contributed by atoms with van der Waals surface area (Å²) in [5.74, 6) is -1.92. The first-order valence-electron chi connectivity index (χ1n) is 15.9. The van der Waals surface area contributed by atoms with Crippen LogP contribution < -0.4 is 0 Å². The van der Waals surface area contributed by atoms with Crippen molar-refractivity contribution >= 4 is 11.9 Å². The fraction of sp³-hybridized carbons (Fsp3) is 0.765. The Bertz CT molecular complexity index is 1030. The maximum atomic E-state index is 13.6. The summed E-state index contributed by atoms with van der Waals surface area (Å²) in [6.45, 7) is 16.6. The number of nitrogens with zero attached hydrogens (tertiary/aromatic N) is 1. The third-order valence-corrected chi connectivity index (χ3v) is 9.25. The number of rotatable bonds is 9. The molecule has 1 aliphatic carbocycles. The highest BCUT2D eigenvalue weighted by atomic mass is 16.6. The minimum Gasteiger partial charge on any atom is -0.456 e. The van der Waals surface area contributed by atoms with E-state index < -0.39 is 36.1 Å². The van der Waals surface area contributed by atoms with E-state index in [0.717, 1.165) is 30.4 Å². The maximum Gasteiger partial charge on any atom is 0.329 e. The zero-order chi connectivity index (χ0) is 31.4. The van der Waals surface area contributed by atoms with Crippen molar-refractivity contribution < 1.29 is 34.4 Å². The van der Waals surface area contributed by atoms with Gasteiger partial charge in [-0.15, -0.1) is 0 Å². The molecule has 8 heteroatoms. The summed E-state index contributed by atoms with van der Waals surface area (Å²) in [6, 6.07) is -0.695. The third kappa shape index (κ3) is 8.55. The molecule has 2 saturated heterocycles. The molecule has 0 saturated carbocycles. The van der Waals surface area contributed by atoms with Gasteiger partial charge in [-0.05, 0) is 75.2 Å². The number of ether oxygens (including phenoxy) is 2. The minimum atomic E-state index is -1.56. The van der Waals surface area contributed by atoms with E-state index in [2.05, 4.69) is 20.8 Å². The van der Waals surface area contributed by atoms with Gasteiger partial charge >= 0.3 is 5.97 Å². The number of hydrogen-bond donors (Lipinski definition) is 3. The van der Waals surface area contributed by atoms with Crippen LogP contribution in [0.25, 0.3) is 0 Å². The Morgan fingerprint density at radius 3 is 2.40 bits per heavy atom. The summed E-state index contributed by atoms with van der Waals surface area (Å²) < 4.78 is 12.3. The van der Waals surface area contributed by atoms with Crippen molar-refractivity contribution in [1.29, 1.82) is 0 Å². The molecule has 0 aromatic rings. The molecule has 9 unspecified atom stereocenters. The zero-order valence-corrected chi connectivity index (χ0v) is 27.0. The number of allylic oxidation sites excluding steroid dienone is 4. The van der Waals surface area contributed by atoms with E-state index in [1.165, 1.54) is 0 Å². The minimum absolute atomic E-state index is 0.0130. The van der Waals surface area contributed by atoms with Gasteiger partial charge in [-0.25, -0.2) is 4.79 Å². The number of amides is 1. The van der Waals surface area contributed by atoms with E-state index in [1.807, 2.05) is 52.8 Å². The summed E-state index contributed by atoms with van der Waals surface area (Å²) in [6.07, 6.45) is 8.55. The lowest BCUT2D eigenvalue weighted by molar-refractivity contribution is -0.300. The first kappa shape index (κ1) is 34.5. The summed E-state index contributed by atoms with van der Waals surface area (Å²) in [4.78, 5) is 28.8. The quantitative estimate of drug-likeness (QED) is 0.199. The summed E-state index contributed by atoms with van der Waals surface area (Å²) in [5, 5.41) is 31.2. The molecule has 0 spiro atoms. The predicted molar refractivity (Wildman–Crippen MR) is 163 cm³/mol. The van der Waals surface area contributed by atoms with Gasteiger partial charge < -0.3 is 29.7 Å². The van der Waals surface area contributed by atoms with E-state index in [4.69, 9.17) is 9.47 Å². The van der Waals surface area contributed by atoms with Crippen molar-refractivity contribution in [3.8, 4) is 0 Å². The van der Waals surface area contributed by atoms with E-state index >= 15 is 0 Å². The highest BCUT2D eigenvalue weighted by molar-refractivity contribution is 5.85. The van der Waals surface area contributed by atoms with Crippen molar-refractivity contribution in [2.24, 2.45) is 29.6 Å². The van der Waals surface area contributed by atoms with Crippen LogP contribution in [0.15, 0.2) is 35.5 Å². The predicted octanol–water partition coefficient (Wildman–Crippen LogP) is 4.92. The van der Waals surface area contributed by atoms with Gasteiger partial charge in [0.15, 0.2) is 5.79 Å². The lowest BCUT2D eigenvalue weighted by Crippen LogP contribution is -2.56. The molecule has 42 heavy (non-hydrogen) atoms. The fourth-order valence-corrected chi connectivity index (χ4v) is 6.94. The molecule has 3 rings (SSSR count). The Balaban J connectivity index is 1.71. The number of carbonyl (C=O) groups is 2. The Hall–Kier alpha value is -2.00. The number of aliphatic hydroxyl groups is 3. The first-order valence-corrected chi connectivity index (χ1v) is 15.9. The topological polar surface area (TPSA) is 117 Å². The Kier molecular flexibility index (Phi) is 12.0. The lowest BCUT2D eigenvalue weighted by Gasteiger charge is -2.47. The Morgan fingerprint density at radius 1 is 1.10 bits per heavy atom. The molecule has 0 aromatic carbocycles. The number of hydrogen-bond acceptors (Lipinski definition) is 7. The number of carbonyl (C=O) groups excluding carboxylic acids is 2. The van der Waals surface area contributed by atoms with E-state index in [1.54, 1.807) is 11.0 Å². The molecule has 8 nitrogen and oxygen atoms in total. The number of likely N-dealkylation sites (tertiary alicyclic amines) is 1. The van der Waals surface area contributed by atoms with Crippen molar-refractivity contribution in [3.63, 3.8) is 0 Å². The van der Waals surface area contributed by atoms with Crippen molar-refractivity contribution in [2.45, 2.75) is 130 Å². The Morgan fingerprint density at radius 2 is 1.79 bits per heavy atom. The normalized spacial score (nSPS) is 35.5. The van der Waals surface area contributed by atoms with E-state index in [0.29, 0.717) is 19.4 Å². The maximum absolute atomic E-state index is 13.6. The summed E-state index contributed by atoms with van der Waals surface area (Å²) >= 11 is 0. The second-order valence-electron chi connectivity index (χ2n) is 13.8. The van der Waals surface area contributed by atoms with Gasteiger partial charge in [-0.2, -0.15) is 0 Å². The Labute approximate surface area is 252 Å². The van der Waals surface area contributed by atoms with Crippen molar-refractivity contribution in [3.05, 3.63) is 35.5 Å². The average Bonchev–Trinajstić information content (AvgIpc) is 2.91. The molecule has 238 valence electrons. The molecule has 2 heterocycles. The molecule has 0 bridgehead atoms. The zero-order valence-electron chi connectivity index (χ0n) is 27.0. The van der Waals surface area contributed by atoms with Crippen molar-refractivity contribution in [2.75, 3.05) is 6.54 Å². The van der Waals surface area contributed by atoms with Gasteiger partial charge in [0.25, 0.3) is 0 Å².